The van der Waals surface area contributed by atoms with E-state index in [1.54, 1.807) is 0 Å². The van der Waals surface area contributed by atoms with Gasteiger partial charge in [0.2, 0.25) is 0 Å². The number of benzene rings is 2. The van der Waals surface area contributed by atoms with Crippen LogP contribution in [0.15, 0.2) is 30.3 Å². The van der Waals surface area contributed by atoms with Crippen molar-refractivity contribution in [1.29, 1.82) is 0 Å². The molecule has 10 heteroatoms. The third kappa shape index (κ3) is 3.59. The number of hydrogen-bond donors (Lipinski definition) is 7. The monoisotopic (exact) mass is 363 g/mol. The molecule has 2 rings (SSSR count). The normalized spacial score (nSPS) is 11.5. The van der Waals surface area contributed by atoms with Gasteiger partial charge in [0.15, 0.2) is 17.5 Å². The molecule has 2 aromatic rings. The van der Waals surface area contributed by atoms with Crippen LogP contribution in [0.5, 0.6) is 23.0 Å². The number of nitrogens with one attached hydrogen (secondary N) is 1. The van der Waals surface area contributed by atoms with E-state index in [0.29, 0.717) is 12.1 Å². The van der Waals surface area contributed by atoms with Crippen LogP contribution in [-0.2, 0) is 4.79 Å². The van der Waals surface area contributed by atoms with E-state index in [2.05, 4.69) is 5.32 Å². The molecule has 0 radical (unpaired) electrons. The summed E-state index contributed by atoms with van der Waals surface area (Å²) < 4.78 is 0. The van der Waals surface area contributed by atoms with Crippen LogP contribution in [0, 0.1) is 0 Å². The molecule has 1 amide bonds. The minimum Gasteiger partial charge on any atom is -0.507 e. The summed E-state index contributed by atoms with van der Waals surface area (Å²) in [6.07, 6.45) is 0. The number of carbonyl (C=O) groups excluding carboxylic acids is 1. The Morgan fingerprint density at radius 2 is 1.35 bits per heavy atom. The molecule has 10 nitrogen and oxygen atoms in total. The first kappa shape index (κ1) is 18.4. The van der Waals surface area contributed by atoms with Crippen LogP contribution in [0.25, 0.3) is 0 Å². The van der Waals surface area contributed by atoms with Crippen LogP contribution in [0.2, 0.25) is 0 Å². The molecule has 7 N–H and O–H groups in total. The van der Waals surface area contributed by atoms with Crippen molar-refractivity contribution in [3.8, 4) is 23.0 Å². The smallest absolute Gasteiger partial charge is 0.339 e. The highest BCUT2D eigenvalue weighted by molar-refractivity contribution is 6.01. The first-order chi connectivity index (χ1) is 12.1. The fourth-order valence-electron chi connectivity index (χ4n) is 2.15. The molecule has 26 heavy (non-hydrogen) atoms. The van der Waals surface area contributed by atoms with Gasteiger partial charge in [0, 0.05) is 0 Å². The highest BCUT2D eigenvalue weighted by Crippen LogP contribution is 2.30. The number of phenolic OH excluding ortho intramolecular Hbond substituents is 3. The number of aliphatic carboxylic acids is 1. The largest absolute Gasteiger partial charge is 0.507 e. The van der Waals surface area contributed by atoms with Crippen molar-refractivity contribution in [1.82, 2.24) is 5.32 Å². The molecule has 0 saturated carbocycles. The van der Waals surface area contributed by atoms with E-state index in [4.69, 9.17) is 5.11 Å². The van der Waals surface area contributed by atoms with Crippen molar-refractivity contribution in [2.24, 2.45) is 0 Å². The molecule has 0 bridgehead atoms. The summed E-state index contributed by atoms with van der Waals surface area (Å²) in [5.74, 6) is -6.83. The molecular weight excluding hydrogens is 350 g/mol. The summed E-state index contributed by atoms with van der Waals surface area (Å²) in [6, 6.07) is 2.78. The quantitative estimate of drug-likeness (QED) is 0.297. The lowest BCUT2D eigenvalue weighted by Gasteiger charge is -2.16. The number of carboxylic acid groups (broad SMARTS) is 2. The Labute approximate surface area is 145 Å². The Morgan fingerprint density at radius 1 is 0.769 bits per heavy atom. The Hall–Kier alpha value is -3.95. The van der Waals surface area contributed by atoms with Gasteiger partial charge in [-0.1, -0.05) is 6.07 Å². The van der Waals surface area contributed by atoms with Crippen LogP contribution >= 0.6 is 0 Å². The SMILES string of the molecule is O=C(O)c1cc(O)c(C(=O)NC(C(=O)O)c2ccc(O)c(O)c2)cc1O. The van der Waals surface area contributed by atoms with Crippen molar-refractivity contribution in [2.75, 3.05) is 0 Å². The molecule has 0 saturated heterocycles. The van der Waals surface area contributed by atoms with Gasteiger partial charge in [-0.2, -0.15) is 0 Å². The van der Waals surface area contributed by atoms with Gasteiger partial charge in [-0.25, -0.2) is 9.59 Å². The van der Waals surface area contributed by atoms with Gasteiger partial charge in [0.1, 0.15) is 17.1 Å². The first-order valence-corrected chi connectivity index (χ1v) is 6.96. The third-order valence-corrected chi connectivity index (χ3v) is 3.44. The van der Waals surface area contributed by atoms with Gasteiger partial charge < -0.3 is 36.0 Å². The standard InChI is InChI=1S/C16H13NO9/c18-9-2-1-6(3-12(9)21)13(16(25)26)17-14(22)7-4-11(20)8(15(23)24)5-10(7)19/h1-5,13,18-21H,(H,17,22)(H,23,24)(H,25,26). The van der Waals surface area contributed by atoms with Gasteiger partial charge in [-0.05, 0) is 29.8 Å². The van der Waals surface area contributed by atoms with Gasteiger partial charge in [-0.3, -0.25) is 4.79 Å². The molecular formula is C16H13NO9. The molecule has 0 aliphatic rings. The van der Waals surface area contributed by atoms with E-state index in [1.165, 1.54) is 0 Å². The summed E-state index contributed by atoms with van der Waals surface area (Å²) in [6.45, 7) is 0. The lowest BCUT2D eigenvalue weighted by atomic mass is 10.0. The zero-order chi connectivity index (χ0) is 19.6. The van der Waals surface area contributed by atoms with Crippen molar-refractivity contribution in [3.63, 3.8) is 0 Å². The average Bonchev–Trinajstić information content (AvgIpc) is 2.56. The predicted molar refractivity (Wildman–Crippen MR) is 84.3 cm³/mol. The second kappa shape index (κ2) is 6.89. The summed E-state index contributed by atoms with van der Waals surface area (Å²) in [5, 5.41) is 58.3. The molecule has 0 spiro atoms. The number of hydrogen-bond acceptors (Lipinski definition) is 7. The third-order valence-electron chi connectivity index (χ3n) is 3.44. The minimum absolute atomic E-state index is 0.0768. The van der Waals surface area contributed by atoms with Gasteiger partial charge in [0.25, 0.3) is 5.91 Å². The molecule has 0 aliphatic carbocycles. The highest BCUT2D eigenvalue weighted by Gasteiger charge is 2.26. The number of aromatic hydroxyl groups is 4. The van der Waals surface area contributed by atoms with Crippen LogP contribution in [0.1, 0.15) is 32.3 Å². The molecule has 136 valence electrons. The number of carbonyl (C=O) groups is 3. The molecule has 0 aliphatic heterocycles. The number of phenols is 4. The molecule has 2 aromatic carbocycles. The maximum absolute atomic E-state index is 12.2. The van der Waals surface area contributed by atoms with Crippen LogP contribution < -0.4 is 5.32 Å². The maximum Gasteiger partial charge on any atom is 0.339 e. The Kier molecular flexibility index (Phi) is 4.87. The lowest BCUT2D eigenvalue weighted by Crippen LogP contribution is -2.33. The number of carboxylic acids is 2. The molecule has 1 atom stereocenters. The van der Waals surface area contributed by atoms with Gasteiger partial charge in [-0.15, -0.1) is 0 Å². The van der Waals surface area contributed by atoms with Crippen molar-refractivity contribution in [2.45, 2.75) is 6.04 Å². The second-order valence-corrected chi connectivity index (χ2v) is 5.18. The summed E-state index contributed by atoms with van der Waals surface area (Å²) in [7, 11) is 0. The lowest BCUT2D eigenvalue weighted by molar-refractivity contribution is -0.139. The van der Waals surface area contributed by atoms with Crippen LogP contribution in [0.4, 0.5) is 0 Å². The van der Waals surface area contributed by atoms with Crippen molar-refractivity contribution >= 4 is 17.8 Å². The van der Waals surface area contributed by atoms with E-state index in [1.807, 2.05) is 0 Å². The van der Waals surface area contributed by atoms with Crippen LogP contribution in [0.3, 0.4) is 0 Å². The van der Waals surface area contributed by atoms with E-state index in [-0.39, 0.29) is 5.56 Å². The fraction of sp³-hybridized carbons (Fsp3) is 0.0625. The first-order valence-electron chi connectivity index (χ1n) is 6.96. The maximum atomic E-state index is 12.2. The van der Waals surface area contributed by atoms with Crippen molar-refractivity contribution in [3.05, 3.63) is 47.0 Å². The highest BCUT2D eigenvalue weighted by atomic mass is 16.4. The average molecular weight is 363 g/mol. The molecule has 0 fully saturated rings. The minimum atomic E-state index is -1.66. The predicted octanol–water partition coefficient (Wildman–Crippen LogP) is 0.763. The summed E-state index contributed by atoms with van der Waals surface area (Å²) in [4.78, 5) is 34.5. The van der Waals surface area contributed by atoms with Gasteiger partial charge in [0.05, 0.1) is 5.56 Å². The van der Waals surface area contributed by atoms with Crippen molar-refractivity contribution < 1.29 is 45.0 Å². The zero-order valence-corrected chi connectivity index (χ0v) is 12.9. The fourth-order valence-corrected chi connectivity index (χ4v) is 2.15. The topological polar surface area (TPSA) is 185 Å². The number of amides is 1. The number of rotatable bonds is 5. The summed E-state index contributed by atoms with van der Waals surface area (Å²) >= 11 is 0. The van der Waals surface area contributed by atoms with E-state index < -0.39 is 58.0 Å². The Balaban J connectivity index is 2.36. The molecule has 0 aromatic heterocycles. The Bertz CT molecular complexity index is 907. The Morgan fingerprint density at radius 3 is 1.88 bits per heavy atom. The van der Waals surface area contributed by atoms with Gasteiger partial charge >= 0.3 is 11.9 Å². The number of aromatic carboxylic acids is 1. The molecule has 1 unspecified atom stereocenters. The van der Waals surface area contributed by atoms with E-state index in [0.717, 1.165) is 18.2 Å². The van der Waals surface area contributed by atoms with Crippen LogP contribution in [-0.4, -0.2) is 48.5 Å². The second-order valence-electron chi connectivity index (χ2n) is 5.18. The van der Waals surface area contributed by atoms with E-state index >= 15 is 0 Å². The van der Waals surface area contributed by atoms with E-state index in [9.17, 15) is 39.9 Å². The zero-order valence-electron chi connectivity index (χ0n) is 12.9. The summed E-state index contributed by atoms with van der Waals surface area (Å²) in [5.41, 5.74) is -1.27. The molecule has 0 heterocycles.